The van der Waals surface area contributed by atoms with Gasteiger partial charge in [-0.3, -0.25) is 4.98 Å². The van der Waals surface area contributed by atoms with Gasteiger partial charge in [0.1, 0.15) is 0 Å². The van der Waals surface area contributed by atoms with Crippen LogP contribution >= 0.6 is 11.6 Å². The molecule has 2 atom stereocenters. The van der Waals surface area contributed by atoms with Crippen molar-refractivity contribution in [2.75, 3.05) is 0 Å². The quantitative estimate of drug-likeness (QED) is 0.703. The molecular weight excluding hydrogens is 287 g/mol. The highest BCUT2D eigenvalue weighted by Crippen LogP contribution is 2.43. The molecule has 2 unspecified atom stereocenters. The Bertz CT molecular complexity index is 413. The van der Waals surface area contributed by atoms with Gasteiger partial charge < -0.3 is 0 Å². The van der Waals surface area contributed by atoms with Crippen LogP contribution < -0.4 is 0 Å². The van der Waals surface area contributed by atoms with E-state index in [0.717, 1.165) is 5.69 Å². The number of pyridine rings is 1. The SMILES string of the molecule is CC(c1ccccn1)C(Cl)C1CCC(C(F)(F)F)CC1. The summed E-state index contributed by atoms with van der Waals surface area (Å²) < 4.78 is 38.0. The Hall–Kier alpha value is -0.770. The van der Waals surface area contributed by atoms with Crippen LogP contribution in [-0.4, -0.2) is 16.5 Å². The van der Waals surface area contributed by atoms with E-state index in [0.29, 0.717) is 12.8 Å². The molecule has 1 fully saturated rings. The zero-order chi connectivity index (χ0) is 14.8. The molecule has 1 heterocycles. The summed E-state index contributed by atoms with van der Waals surface area (Å²) in [5, 5.41) is -0.154. The van der Waals surface area contributed by atoms with E-state index in [2.05, 4.69) is 4.98 Å². The van der Waals surface area contributed by atoms with Gasteiger partial charge in [-0.15, -0.1) is 11.6 Å². The van der Waals surface area contributed by atoms with Crippen LogP contribution in [0.2, 0.25) is 0 Å². The second kappa shape index (κ2) is 6.33. The van der Waals surface area contributed by atoms with Crippen LogP contribution in [0.4, 0.5) is 13.2 Å². The van der Waals surface area contributed by atoms with E-state index in [1.54, 1.807) is 6.20 Å². The van der Waals surface area contributed by atoms with E-state index >= 15 is 0 Å². The minimum absolute atomic E-state index is 0.0605. The van der Waals surface area contributed by atoms with Crippen LogP contribution in [0.25, 0.3) is 0 Å². The Morgan fingerprint density at radius 2 is 1.85 bits per heavy atom. The van der Waals surface area contributed by atoms with Gasteiger partial charge in [0.15, 0.2) is 0 Å². The summed E-state index contributed by atoms with van der Waals surface area (Å²) in [6.07, 6.45) is -0.834. The van der Waals surface area contributed by atoms with Gasteiger partial charge >= 0.3 is 6.18 Å². The van der Waals surface area contributed by atoms with Crippen molar-refractivity contribution < 1.29 is 13.2 Å². The molecule has 1 aromatic heterocycles. The lowest BCUT2D eigenvalue weighted by molar-refractivity contribution is -0.184. The lowest BCUT2D eigenvalue weighted by atomic mass is 9.77. The molecule has 0 spiro atoms. The summed E-state index contributed by atoms with van der Waals surface area (Å²) in [5.74, 6) is -0.939. The first kappa shape index (κ1) is 15.6. The third-order valence-corrected chi connectivity index (χ3v) is 5.05. The molecule has 1 aromatic rings. The van der Waals surface area contributed by atoms with Gasteiger partial charge in [0, 0.05) is 23.2 Å². The highest BCUT2D eigenvalue weighted by Gasteiger charge is 2.42. The number of hydrogen-bond donors (Lipinski definition) is 0. The minimum atomic E-state index is -4.06. The maximum absolute atomic E-state index is 12.7. The maximum Gasteiger partial charge on any atom is 0.391 e. The van der Waals surface area contributed by atoms with Gasteiger partial charge in [0.05, 0.1) is 5.92 Å². The summed E-state index contributed by atoms with van der Waals surface area (Å²) in [7, 11) is 0. The standard InChI is InChI=1S/C15H19ClF3N/c1-10(13-4-2-3-9-20-13)14(16)11-5-7-12(8-6-11)15(17,18)19/h2-4,9-12,14H,5-8H2,1H3. The third kappa shape index (κ3) is 3.66. The summed E-state index contributed by atoms with van der Waals surface area (Å²) in [4.78, 5) is 4.28. The van der Waals surface area contributed by atoms with Gasteiger partial charge in [-0.25, -0.2) is 0 Å². The topological polar surface area (TPSA) is 12.9 Å². The largest absolute Gasteiger partial charge is 0.391 e. The van der Waals surface area contributed by atoms with Crippen molar-refractivity contribution in [1.29, 1.82) is 0 Å². The normalized spacial score (nSPS) is 27.1. The zero-order valence-corrected chi connectivity index (χ0v) is 12.2. The van der Waals surface area contributed by atoms with Crippen molar-refractivity contribution in [3.63, 3.8) is 0 Å². The molecule has 112 valence electrons. The van der Waals surface area contributed by atoms with Crippen LogP contribution in [0.1, 0.15) is 44.2 Å². The predicted octanol–water partition coefficient (Wildman–Crippen LogP) is 5.16. The highest BCUT2D eigenvalue weighted by atomic mass is 35.5. The summed E-state index contributed by atoms with van der Waals surface area (Å²) in [6, 6.07) is 5.67. The van der Waals surface area contributed by atoms with Crippen LogP contribution in [0, 0.1) is 11.8 Å². The van der Waals surface area contributed by atoms with Gasteiger partial charge in [-0.05, 0) is 43.7 Å². The van der Waals surface area contributed by atoms with Gasteiger partial charge in [-0.1, -0.05) is 13.0 Å². The number of halogens is 4. The smallest absolute Gasteiger partial charge is 0.261 e. The monoisotopic (exact) mass is 305 g/mol. The second-order valence-electron chi connectivity index (χ2n) is 5.64. The molecule has 1 aliphatic rings. The van der Waals surface area contributed by atoms with Crippen LogP contribution in [0.5, 0.6) is 0 Å². The molecule has 1 saturated carbocycles. The molecule has 0 saturated heterocycles. The van der Waals surface area contributed by atoms with E-state index in [1.807, 2.05) is 25.1 Å². The molecule has 0 aliphatic heterocycles. The molecule has 0 aromatic carbocycles. The third-order valence-electron chi connectivity index (χ3n) is 4.32. The van der Waals surface area contributed by atoms with Crippen LogP contribution in [-0.2, 0) is 0 Å². The molecule has 20 heavy (non-hydrogen) atoms. The number of nitrogens with zero attached hydrogens (tertiary/aromatic N) is 1. The molecular formula is C15H19ClF3N. The Kier molecular flexibility index (Phi) is 4.95. The summed E-state index contributed by atoms with van der Waals surface area (Å²) in [5.41, 5.74) is 0.908. The fourth-order valence-corrected chi connectivity index (χ4v) is 3.36. The Labute approximate surface area is 122 Å². The maximum atomic E-state index is 12.7. The van der Waals surface area contributed by atoms with E-state index in [1.165, 1.54) is 0 Å². The zero-order valence-electron chi connectivity index (χ0n) is 11.4. The Morgan fingerprint density at radius 3 is 2.35 bits per heavy atom. The van der Waals surface area contributed by atoms with E-state index in [4.69, 9.17) is 11.6 Å². The van der Waals surface area contributed by atoms with Gasteiger partial charge in [-0.2, -0.15) is 13.2 Å². The van der Waals surface area contributed by atoms with Gasteiger partial charge in [0.25, 0.3) is 0 Å². The Morgan fingerprint density at radius 1 is 1.20 bits per heavy atom. The first-order valence-electron chi connectivity index (χ1n) is 7.01. The minimum Gasteiger partial charge on any atom is -0.261 e. The van der Waals surface area contributed by atoms with Crippen molar-refractivity contribution in [2.24, 2.45) is 11.8 Å². The van der Waals surface area contributed by atoms with E-state index < -0.39 is 12.1 Å². The van der Waals surface area contributed by atoms with Crippen molar-refractivity contribution in [2.45, 2.75) is 50.1 Å². The molecule has 5 heteroatoms. The predicted molar refractivity (Wildman–Crippen MR) is 73.8 cm³/mol. The van der Waals surface area contributed by atoms with E-state index in [9.17, 15) is 13.2 Å². The van der Waals surface area contributed by atoms with Crippen molar-refractivity contribution in [1.82, 2.24) is 4.98 Å². The van der Waals surface area contributed by atoms with Crippen LogP contribution in [0.3, 0.4) is 0 Å². The molecule has 1 nitrogen and oxygen atoms in total. The molecule has 1 aliphatic carbocycles. The molecule has 0 radical (unpaired) electrons. The molecule has 0 N–H and O–H groups in total. The molecule has 0 bridgehead atoms. The average Bonchev–Trinajstić information content (AvgIpc) is 2.46. The second-order valence-corrected chi connectivity index (χ2v) is 6.14. The fourth-order valence-electron chi connectivity index (χ4n) is 2.98. The number of rotatable bonds is 3. The lowest BCUT2D eigenvalue weighted by Crippen LogP contribution is -2.32. The molecule has 0 amide bonds. The van der Waals surface area contributed by atoms with Crippen molar-refractivity contribution in [3.05, 3.63) is 30.1 Å². The van der Waals surface area contributed by atoms with Crippen molar-refractivity contribution in [3.8, 4) is 0 Å². The Balaban J connectivity index is 1.93. The first-order chi connectivity index (χ1) is 9.39. The highest BCUT2D eigenvalue weighted by molar-refractivity contribution is 6.21. The fraction of sp³-hybridized carbons (Fsp3) is 0.667. The summed E-state index contributed by atoms with van der Waals surface area (Å²) >= 11 is 6.49. The number of hydrogen-bond acceptors (Lipinski definition) is 1. The molecule has 2 rings (SSSR count). The van der Waals surface area contributed by atoms with Crippen LogP contribution in [0.15, 0.2) is 24.4 Å². The van der Waals surface area contributed by atoms with Crippen molar-refractivity contribution >= 4 is 11.6 Å². The van der Waals surface area contributed by atoms with Gasteiger partial charge in [0.2, 0.25) is 0 Å². The average molecular weight is 306 g/mol. The lowest BCUT2D eigenvalue weighted by Gasteiger charge is -2.34. The number of alkyl halides is 4. The first-order valence-corrected chi connectivity index (χ1v) is 7.45. The number of aromatic nitrogens is 1. The summed E-state index contributed by atoms with van der Waals surface area (Å²) in [6.45, 7) is 2.00. The van der Waals surface area contributed by atoms with E-state index in [-0.39, 0.29) is 30.1 Å².